The van der Waals surface area contributed by atoms with Crippen LogP contribution in [0.4, 0.5) is 5.69 Å². The maximum absolute atomic E-state index is 11.0. The number of amides is 1. The first-order chi connectivity index (χ1) is 6.76. The van der Waals surface area contributed by atoms with Gasteiger partial charge >= 0.3 is 0 Å². The van der Waals surface area contributed by atoms with Gasteiger partial charge in [0, 0.05) is 18.7 Å². The molecule has 1 aromatic rings. The molecule has 0 unspecified atom stereocenters. The molecule has 0 aromatic heterocycles. The van der Waals surface area contributed by atoms with Gasteiger partial charge in [0.05, 0.1) is 0 Å². The number of rotatable bonds is 4. The van der Waals surface area contributed by atoms with Crippen molar-refractivity contribution in [2.24, 2.45) is 0 Å². The van der Waals surface area contributed by atoms with Gasteiger partial charge in [0.1, 0.15) is 0 Å². The third-order valence-electron chi connectivity index (χ3n) is 1.96. The van der Waals surface area contributed by atoms with Crippen molar-refractivity contribution in [1.82, 2.24) is 0 Å². The van der Waals surface area contributed by atoms with Gasteiger partial charge in [-0.05, 0) is 24.1 Å². The predicted octanol–water partition coefficient (Wildman–Crippen LogP) is 1.57. The zero-order valence-electron chi connectivity index (χ0n) is 8.29. The molecule has 0 saturated heterocycles. The van der Waals surface area contributed by atoms with E-state index in [1.54, 1.807) is 0 Å². The molecule has 1 rings (SSSR count). The Bertz CT molecular complexity index is 293. The van der Waals surface area contributed by atoms with Gasteiger partial charge in [-0.1, -0.05) is 19.1 Å². The Morgan fingerprint density at radius 2 is 2.00 bits per heavy atom. The number of nitrogens with one attached hydrogen (secondary N) is 1. The first-order valence-electron chi connectivity index (χ1n) is 4.76. The van der Waals surface area contributed by atoms with Gasteiger partial charge in [-0.15, -0.1) is 0 Å². The van der Waals surface area contributed by atoms with Gasteiger partial charge in [0.2, 0.25) is 5.91 Å². The van der Waals surface area contributed by atoms with E-state index in [9.17, 15) is 4.79 Å². The summed E-state index contributed by atoms with van der Waals surface area (Å²) in [6, 6.07) is 7.50. The molecule has 3 nitrogen and oxygen atoms in total. The summed E-state index contributed by atoms with van der Waals surface area (Å²) in [6.45, 7) is 1.97. The lowest BCUT2D eigenvalue weighted by Gasteiger charge is -2.04. The Kier molecular flexibility index (Phi) is 4.13. The van der Waals surface area contributed by atoms with E-state index in [0.717, 1.165) is 11.3 Å². The number of aliphatic hydroxyl groups is 1. The van der Waals surface area contributed by atoms with E-state index in [0.29, 0.717) is 12.8 Å². The molecule has 1 amide bonds. The number of benzene rings is 1. The largest absolute Gasteiger partial charge is 0.396 e. The van der Waals surface area contributed by atoms with Crippen LogP contribution in [0.3, 0.4) is 0 Å². The number of hydrogen-bond donors (Lipinski definition) is 2. The second-order valence-corrected chi connectivity index (χ2v) is 3.07. The monoisotopic (exact) mass is 193 g/mol. The predicted molar refractivity (Wildman–Crippen MR) is 56.2 cm³/mol. The molecule has 0 heterocycles. The minimum atomic E-state index is 0.0138. The summed E-state index contributed by atoms with van der Waals surface area (Å²) in [5.74, 6) is 0.0138. The van der Waals surface area contributed by atoms with Crippen LogP contribution in [-0.4, -0.2) is 17.6 Å². The fourth-order valence-corrected chi connectivity index (χ4v) is 1.13. The average molecular weight is 193 g/mol. The second-order valence-electron chi connectivity index (χ2n) is 3.07. The summed E-state index contributed by atoms with van der Waals surface area (Å²) >= 11 is 0. The van der Waals surface area contributed by atoms with Crippen molar-refractivity contribution in [3.63, 3.8) is 0 Å². The molecule has 0 aliphatic rings. The standard InChI is InChI=1S/C11H15NO2/c1-2-11(14)12-10-5-3-9(4-6-10)7-8-13/h3-6,13H,2,7-8H2,1H3,(H,12,14). The van der Waals surface area contributed by atoms with E-state index in [-0.39, 0.29) is 12.5 Å². The molecule has 0 atom stereocenters. The molecule has 0 bridgehead atoms. The van der Waals surface area contributed by atoms with E-state index in [1.807, 2.05) is 31.2 Å². The van der Waals surface area contributed by atoms with Crippen molar-refractivity contribution in [3.05, 3.63) is 29.8 Å². The molecule has 14 heavy (non-hydrogen) atoms. The van der Waals surface area contributed by atoms with Gasteiger partial charge in [0.15, 0.2) is 0 Å². The molecule has 1 aromatic carbocycles. The first kappa shape index (κ1) is 10.7. The molecule has 0 fully saturated rings. The summed E-state index contributed by atoms with van der Waals surface area (Å²) in [5, 5.41) is 11.5. The smallest absolute Gasteiger partial charge is 0.224 e. The maximum Gasteiger partial charge on any atom is 0.224 e. The Labute approximate surface area is 83.8 Å². The summed E-state index contributed by atoms with van der Waals surface area (Å²) in [7, 11) is 0. The Morgan fingerprint density at radius 1 is 1.36 bits per heavy atom. The van der Waals surface area contributed by atoms with E-state index in [1.165, 1.54) is 0 Å². The van der Waals surface area contributed by atoms with Crippen LogP contribution in [0, 0.1) is 0 Å². The highest BCUT2D eigenvalue weighted by atomic mass is 16.2. The SMILES string of the molecule is CCC(=O)Nc1ccc(CCO)cc1. The second kappa shape index (κ2) is 5.40. The Morgan fingerprint density at radius 3 is 2.50 bits per heavy atom. The summed E-state index contributed by atoms with van der Waals surface area (Å²) < 4.78 is 0. The zero-order chi connectivity index (χ0) is 10.4. The van der Waals surface area contributed by atoms with Crippen LogP contribution < -0.4 is 5.32 Å². The lowest BCUT2D eigenvalue weighted by molar-refractivity contribution is -0.115. The lowest BCUT2D eigenvalue weighted by Crippen LogP contribution is -2.09. The Balaban J connectivity index is 2.59. The van der Waals surface area contributed by atoms with Gasteiger partial charge in [-0.3, -0.25) is 4.79 Å². The van der Waals surface area contributed by atoms with Crippen LogP contribution in [0.15, 0.2) is 24.3 Å². The van der Waals surface area contributed by atoms with E-state index < -0.39 is 0 Å². The average Bonchev–Trinajstić information content (AvgIpc) is 2.21. The van der Waals surface area contributed by atoms with Crippen molar-refractivity contribution in [2.75, 3.05) is 11.9 Å². The lowest BCUT2D eigenvalue weighted by atomic mass is 10.1. The third kappa shape index (κ3) is 3.18. The molecule has 0 radical (unpaired) electrons. The highest BCUT2D eigenvalue weighted by Crippen LogP contribution is 2.09. The molecule has 0 aliphatic carbocycles. The highest BCUT2D eigenvalue weighted by molar-refractivity contribution is 5.90. The fourth-order valence-electron chi connectivity index (χ4n) is 1.13. The van der Waals surface area contributed by atoms with Crippen molar-refractivity contribution in [3.8, 4) is 0 Å². The van der Waals surface area contributed by atoms with Crippen LogP contribution in [0.25, 0.3) is 0 Å². The molecule has 76 valence electrons. The molecule has 0 saturated carbocycles. The van der Waals surface area contributed by atoms with Gasteiger partial charge in [-0.2, -0.15) is 0 Å². The quantitative estimate of drug-likeness (QED) is 0.762. The number of aliphatic hydroxyl groups excluding tert-OH is 1. The van der Waals surface area contributed by atoms with Crippen molar-refractivity contribution >= 4 is 11.6 Å². The summed E-state index contributed by atoms with van der Waals surface area (Å²) in [5.41, 5.74) is 1.88. The van der Waals surface area contributed by atoms with Crippen molar-refractivity contribution < 1.29 is 9.90 Å². The molecular weight excluding hydrogens is 178 g/mol. The molecule has 2 N–H and O–H groups in total. The van der Waals surface area contributed by atoms with Gasteiger partial charge in [-0.25, -0.2) is 0 Å². The number of anilines is 1. The summed E-state index contributed by atoms with van der Waals surface area (Å²) in [4.78, 5) is 11.0. The van der Waals surface area contributed by atoms with Crippen LogP contribution >= 0.6 is 0 Å². The fraction of sp³-hybridized carbons (Fsp3) is 0.364. The van der Waals surface area contributed by atoms with E-state index in [2.05, 4.69) is 5.32 Å². The van der Waals surface area contributed by atoms with E-state index >= 15 is 0 Å². The molecule has 0 aliphatic heterocycles. The van der Waals surface area contributed by atoms with Gasteiger partial charge < -0.3 is 10.4 Å². The van der Waals surface area contributed by atoms with Crippen LogP contribution in [0.2, 0.25) is 0 Å². The van der Waals surface area contributed by atoms with Gasteiger partial charge in [0.25, 0.3) is 0 Å². The topological polar surface area (TPSA) is 49.3 Å². The van der Waals surface area contributed by atoms with Crippen LogP contribution in [0.1, 0.15) is 18.9 Å². The van der Waals surface area contributed by atoms with Crippen molar-refractivity contribution in [1.29, 1.82) is 0 Å². The van der Waals surface area contributed by atoms with E-state index in [4.69, 9.17) is 5.11 Å². The maximum atomic E-state index is 11.0. The first-order valence-corrected chi connectivity index (χ1v) is 4.76. The van der Waals surface area contributed by atoms with Crippen LogP contribution in [-0.2, 0) is 11.2 Å². The molecule has 0 spiro atoms. The minimum Gasteiger partial charge on any atom is -0.396 e. The minimum absolute atomic E-state index is 0.0138. The number of carbonyl (C=O) groups excluding carboxylic acids is 1. The zero-order valence-corrected chi connectivity index (χ0v) is 8.29. The Hall–Kier alpha value is -1.35. The van der Waals surface area contributed by atoms with Crippen LogP contribution in [0.5, 0.6) is 0 Å². The summed E-state index contributed by atoms with van der Waals surface area (Å²) in [6.07, 6.45) is 1.14. The number of carbonyl (C=O) groups is 1. The normalized spacial score (nSPS) is 9.86. The molecule has 3 heteroatoms. The molecular formula is C11H15NO2. The van der Waals surface area contributed by atoms with Crippen molar-refractivity contribution in [2.45, 2.75) is 19.8 Å². The number of hydrogen-bond acceptors (Lipinski definition) is 2. The highest BCUT2D eigenvalue weighted by Gasteiger charge is 1.98. The third-order valence-corrected chi connectivity index (χ3v) is 1.96.